The molecule has 0 radical (unpaired) electrons. The molecule has 0 saturated carbocycles. The van der Waals surface area contributed by atoms with Crippen molar-refractivity contribution in [2.45, 2.75) is 6.92 Å². The highest BCUT2D eigenvalue weighted by Gasteiger charge is 2.08. The Morgan fingerprint density at radius 1 is 0.889 bits per heavy atom. The Kier molecular flexibility index (Phi) is 7.95. The number of rotatable bonds is 6. The first-order valence-corrected chi connectivity index (χ1v) is 11.8. The van der Waals surface area contributed by atoms with Crippen molar-refractivity contribution in [3.63, 3.8) is 0 Å². The minimum absolute atomic E-state index is 0.141. The molecule has 2 amide bonds. The fraction of sp³-hybridized carbons (Fsp3) is 0.0357. The van der Waals surface area contributed by atoms with E-state index in [-0.39, 0.29) is 11.0 Å². The summed E-state index contributed by atoms with van der Waals surface area (Å²) in [6.45, 7) is 1.93. The molecule has 36 heavy (non-hydrogen) atoms. The van der Waals surface area contributed by atoms with Crippen LogP contribution >= 0.6 is 23.8 Å². The van der Waals surface area contributed by atoms with Crippen LogP contribution in [-0.2, 0) is 4.79 Å². The molecule has 0 unspecified atom stereocenters. The van der Waals surface area contributed by atoms with Gasteiger partial charge in [-0.15, -0.1) is 0 Å². The summed E-state index contributed by atoms with van der Waals surface area (Å²) in [4.78, 5) is 24.6. The van der Waals surface area contributed by atoms with Gasteiger partial charge in [0, 0.05) is 33.6 Å². The molecule has 8 heteroatoms. The molecule has 0 bridgehead atoms. The zero-order valence-electron chi connectivity index (χ0n) is 19.2. The fourth-order valence-electron chi connectivity index (χ4n) is 3.31. The third kappa shape index (κ3) is 6.91. The molecular formula is C28H22ClN3O3S. The van der Waals surface area contributed by atoms with Crippen LogP contribution in [0.3, 0.4) is 0 Å². The molecule has 0 saturated heterocycles. The Bertz CT molecular complexity index is 1430. The topological polar surface area (TPSA) is 83.4 Å². The average Bonchev–Trinajstić information content (AvgIpc) is 3.33. The quantitative estimate of drug-likeness (QED) is 0.197. The van der Waals surface area contributed by atoms with Crippen LogP contribution in [0.1, 0.15) is 21.7 Å². The van der Waals surface area contributed by atoms with Gasteiger partial charge in [0.25, 0.3) is 5.91 Å². The van der Waals surface area contributed by atoms with Gasteiger partial charge in [-0.1, -0.05) is 29.3 Å². The number of amides is 2. The number of halogens is 1. The van der Waals surface area contributed by atoms with Crippen LogP contribution in [0.2, 0.25) is 5.02 Å². The summed E-state index contributed by atoms with van der Waals surface area (Å²) < 4.78 is 5.74. The van der Waals surface area contributed by atoms with E-state index in [1.807, 2.05) is 43.3 Å². The first-order chi connectivity index (χ1) is 17.4. The highest BCUT2D eigenvalue weighted by atomic mass is 35.5. The average molecular weight is 516 g/mol. The Labute approximate surface area is 219 Å². The molecule has 0 fully saturated rings. The van der Waals surface area contributed by atoms with E-state index >= 15 is 0 Å². The Hall–Kier alpha value is -4.20. The van der Waals surface area contributed by atoms with Gasteiger partial charge in [-0.25, -0.2) is 0 Å². The predicted molar refractivity (Wildman–Crippen MR) is 148 cm³/mol. The molecule has 1 heterocycles. The highest BCUT2D eigenvalue weighted by molar-refractivity contribution is 7.80. The molecule has 0 aliphatic rings. The minimum atomic E-state index is -0.404. The number of hydrogen-bond donors (Lipinski definition) is 3. The summed E-state index contributed by atoms with van der Waals surface area (Å²) in [5.74, 6) is 0.601. The molecule has 180 valence electrons. The van der Waals surface area contributed by atoms with Gasteiger partial charge >= 0.3 is 0 Å². The van der Waals surface area contributed by atoms with E-state index in [2.05, 4.69) is 16.0 Å². The number of aryl methyl sites for hydroxylation is 1. The molecule has 0 aliphatic heterocycles. The van der Waals surface area contributed by atoms with Gasteiger partial charge in [-0.3, -0.25) is 14.9 Å². The molecule has 1 aromatic heterocycles. The van der Waals surface area contributed by atoms with E-state index in [1.165, 1.54) is 6.08 Å². The molecular weight excluding hydrogens is 494 g/mol. The second-order valence-electron chi connectivity index (χ2n) is 7.89. The predicted octanol–water partition coefficient (Wildman–Crippen LogP) is 6.69. The van der Waals surface area contributed by atoms with Crippen LogP contribution in [0, 0.1) is 6.92 Å². The van der Waals surface area contributed by atoms with Crippen molar-refractivity contribution in [3.8, 4) is 11.3 Å². The van der Waals surface area contributed by atoms with Crippen molar-refractivity contribution in [2.75, 3.05) is 10.6 Å². The first-order valence-electron chi connectivity index (χ1n) is 11.0. The van der Waals surface area contributed by atoms with Crippen molar-refractivity contribution < 1.29 is 14.0 Å². The number of carbonyl (C=O) groups excluding carboxylic acids is 2. The zero-order chi connectivity index (χ0) is 25.5. The monoisotopic (exact) mass is 515 g/mol. The van der Waals surface area contributed by atoms with Crippen LogP contribution in [0.25, 0.3) is 17.4 Å². The number of nitrogens with one attached hydrogen (secondary N) is 3. The number of thiocarbonyl (C=S) groups is 1. The third-order valence-corrected chi connectivity index (χ3v) is 5.53. The van der Waals surface area contributed by atoms with Gasteiger partial charge in [-0.2, -0.15) is 0 Å². The summed E-state index contributed by atoms with van der Waals surface area (Å²) in [6.07, 6.45) is 2.89. The number of anilines is 2. The lowest BCUT2D eigenvalue weighted by molar-refractivity contribution is -0.115. The van der Waals surface area contributed by atoms with E-state index in [1.54, 1.807) is 54.6 Å². The van der Waals surface area contributed by atoms with Crippen LogP contribution in [-0.4, -0.2) is 16.9 Å². The lowest BCUT2D eigenvalue weighted by Crippen LogP contribution is -2.32. The van der Waals surface area contributed by atoms with Gasteiger partial charge in [-0.05, 0) is 98.0 Å². The largest absolute Gasteiger partial charge is 0.457 e. The van der Waals surface area contributed by atoms with Crippen molar-refractivity contribution in [2.24, 2.45) is 0 Å². The molecule has 3 N–H and O–H groups in total. The van der Waals surface area contributed by atoms with Gasteiger partial charge in [0.05, 0.1) is 0 Å². The summed E-state index contributed by atoms with van der Waals surface area (Å²) in [6, 6.07) is 25.2. The van der Waals surface area contributed by atoms with Gasteiger partial charge in [0.2, 0.25) is 5.91 Å². The lowest BCUT2D eigenvalue weighted by atomic mass is 10.1. The van der Waals surface area contributed by atoms with E-state index < -0.39 is 5.91 Å². The summed E-state index contributed by atoms with van der Waals surface area (Å²) in [5, 5.41) is 9.16. The Morgan fingerprint density at radius 2 is 1.58 bits per heavy atom. The summed E-state index contributed by atoms with van der Waals surface area (Å²) >= 11 is 11.1. The van der Waals surface area contributed by atoms with Crippen molar-refractivity contribution >= 4 is 58.2 Å². The number of benzene rings is 3. The number of hydrogen-bond acceptors (Lipinski definition) is 4. The summed E-state index contributed by atoms with van der Waals surface area (Å²) in [5.41, 5.74) is 3.79. The summed E-state index contributed by atoms with van der Waals surface area (Å²) in [7, 11) is 0. The number of furan rings is 1. The second-order valence-corrected chi connectivity index (χ2v) is 8.73. The molecule has 6 nitrogen and oxygen atoms in total. The maximum atomic E-state index is 12.4. The zero-order valence-corrected chi connectivity index (χ0v) is 20.8. The van der Waals surface area contributed by atoms with Gasteiger partial charge in [0.1, 0.15) is 11.5 Å². The van der Waals surface area contributed by atoms with Gasteiger partial charge in [0.15, 0.2) is 5.11 Å². The van der Waals surface area contributed by atoms with Crippen molar-refractivity contribution in [3.05, 3.63) is 113 Å². The smallest absolute Gasteiger partial charge is 0.255 e. The number of carbonyl (C=O) groups is 2. The fourth-order valence-corrected chi connectivity index (χ4v) is 3.66. The molecule has 0 spiro atoms. The Balaban J connectivity index is 1.27. The second kappa shape index (κ2) is 11.5. The minimum Gasteiger partial charge on any atom is -0.457 e. The molecule has 3 aromatic carbocycles. The third-order valence-electron chi connectivity index (χ3n) is 5.07. The van der Waals surface area contributed by atoms with Crippen LogP contribution < -0.4 is 16.0 Å². The van der Waals surface area contributed by atoms with Crippen molar-refractivity contribution in [1.82, 2.24) is 5.32 Å². The van der Waals surface area contributed by atoms with E-state index in [4.69, 9.17) is 28.2 Å². The molecule has 0 atom stereocenters. The SMILES string of the molecule is Cc1cccc(C(=O)Nc2ccc(NC(=S)NC(=O)C=Cc3ccc(-c4ccc(Cl)cc4)o3)cc2)c1. The standard InChI is InChI=1S/C28H22ClN3O3S/c1-18-3-2-4-20(17-18)27(34)30-22-9-11-23(12-10-22)31-28(36)32-26(33)16-14-24-13-15-25(35-24)19-5-7-21(29)8-6-19/h2-17H,1H3,(H,30,34)(H2,31,32,33,36). The van der Waals surface area contributed by atoms with E-state index in [0.717, 1.165) is 11.1 Å². The van der Waals surface area contributed by atoms with Gasteiger partial charge < -0.3 is 15.1 Å². The Morgan fingerprint density at radius 3 is 2.28 bits per heavy atom. The normalized spacial score (nSPS) is 10.7. The molecule has 0 aliphatic carbocycles. The highest BCUT2D eigenvalue weighted by Crippen LogP contribution is 2.24. The van der Waals surface area contributed by atoms with Crippen LogP contribution in [0.15, 0.2) is 95.4 Å². The van der Waals surface area contributed by atoms with Crippen molar-refractivity contribution in [1.29, 1.82) is 0 Å². The maximum Gasteiger partial charge on any atom is 0.255 e. The van der Waals surface area contributed by atoms with Crippen LogP contribution in [0.5, 0.6) is 0 Å². The maximum absolute atomic E-state index is 12.4. The first kappa shape index (κ1) is 24.9. The van der Waals surface area contributed by atoms with Crippen LogP contribution in [0.4, 0.5) is 11.4 Å². The molecule has 4 aromatic rings. The lowest BCUT2D eigenvalue weighted by Gasteiger charge is -2.10. The van der Waals surface area contributed by atoms with E-state index in [0.29, 0.717) is 33.5 Å². The van der Waals surface area contributed by atoms with E-state index in [9.17, 15) is 9.59 Å². The molecule has 4 rings (SSSR count).